The molecule has 0 spiro atoms. The Morgan fingerprint density at radius 1 is 0.425 bits per heavy atom. The number of anilines is 4. The molecule has 0 aliphatic carbocycles. The van der Waals surface area contributed by atoms with E-state index in [1.807, 2.05) is 117 Å². The van der Waals surface area contributed by atoms with Crippen molar-refractivity contribution >= 4 is 47.1 Å². The number of aryl methyl sites for hydroxylation is 4. The van der Waals surface area contributed by atoms with E-state index in [1.54, 1.807) is 0 Å². The second-order valence-electron chi connectivity index (χ2n) is 35.6. The third-order valence-corrected chi connectivity index (χ3v) is 25.1. The fourth-order valence-corrected chi connectivity index (χ4v) is 18.2. The van der Waals surface area contributed by atoms with E-state index < -0.39 is 0 Å². The summed E-state index contributed by atoms with van der Waals surface area (Å²) in [6.07, 6.45) is 36.8. The first kappa shape index (κ1) is 86.6. The highest BCUT2D eigenvalue weighted by molar-refractivity contribution is 5.75. The van der Waals surface area contributed by atoms with Crippen LogP contribution in [0.25, 0.3) is 43.7 Å². The summed E-state index contributed by atoms with van der Waals surface area (Å²) in [5.74, 6) is 2.79. The lowest BCUT2D eigenvalue weighted by atomic mass is 9.69. The SMILES string of the molecule is [C-]#[N+]/C(C#N)=C1C=C(/C=C/c2cc(CC)c3c(c2)CCCN3C)OC(C)C\1.[C-]#[N+]/C(C#N)=C1C=C(/C=C/c2cc(CC)c3c(c2)CCCN3C)OC(c2ccccc2)C\1.[C-]#[N+]/C(C#N)=C1C=C(/C=C/c2cc3c4c(c2)C(C)(C)CCN4CCC3(C)C)OC(C)C\1.[C-]#[N+]/C(C#N)=C1C=C(/C=C/c2cc3c4c(c2)C(C)(C)CCN4CCC3(C)C)OCC\1. The maximum atomic E-state index is 9.41. The van der Waals surface area contributed by atoms with Crippen LogP contribution in [0.15, 0.2) is 196 Å². The summed E-state index contributed by atoms with van der Waals surface area (Å²) < 4.78 is 23.9. The van der Waals surface area contributed by atoms with Crippen molar-refractivity contribution in [3.05, 3.63) is 314 Å². The molecule has 16 heteroatoms. The van der Waals surface area contributed by atoms with Gasteiger partial charge in [-0.25, -0.2) is 40.4 Å². The number of nitrogens with zero attached hydrogens (tertiary/aromatic N) is 12. The topological polar surface area (TPSA) is 162 Å². The Morgan fingerprint density at radius 3 is 1.13 bits per heavy atom. The molecule has 5 aromatic rings. The van der Waals surface area contributed by atoms with Gasteiger partial charge in [-0.2, -0.15) is 0 Å². The van der Waals surface area contributed by atoms with Crippen molar-refractivity contribution in [1.29, 1.82) is 21.0 Å². The predicted octanol–water partition coefficient (Wildman–Crippen LogP) is 23.5. The van der Waals surface area contributed by atoms with Crippen LogP contribution in [-0.4, -0.2) is 72.2 Å². The molecular formula is C104H112N12O4. The summed E-state index contributed by atoms with van der Waals surface area (Å²) in [4.78, 5) is 23.4. The van der Waals surface area contributed by atoms with Gasteiger partial charge in [0.2, 0.25) is 0 Å². The Labute approximate surface area is 713 Å². The molecule has 15 rings (SSSR count). The number of nitriles is 4. The van der Waals surface area contributed by atoms with Crippen molar-refractivity contribution in [2.24, 2.45) is 0 Å². The Hall–Kier alpha value is -12.7. The van der Waals surface area contributed by atoms with Crippen molar-refractivity contribution in [2.45, 2.75) is 213 Å². The fourth-order valence-electron chi connectivity index (χ4n) is 18.2. The molecule has 0 bridgehead atoms. The zero-order valence-corrected chi connectivity index (χ0v) is 72.5. The first-order chi connectivity index (χ1) is 57.6. The van der Waals surface area contributed by atoms with Gasteiger partial charge in [-0.05, 0) is 298 Å². The highest BCUT2D eigenvalue weighted by Gasteiger charge is 2.42. The maximum absolute atomic E-state index is 9.41. The summed E-state index contributed by atoms with van der Waals surface area (Å²) in [6.45, 7) is 63.4. The number of hydrogen-bond donors (Lipinski definition) is 0. The average molecular weight is 1590 g/mol. The minimum Gasteiger partial charge on any atom is -0.493 e. The standard InChI is InChI=1S/C28H27N3O.C27H31N3O.C26H29N3O.C23H25N3O/c1-4-21-15-20(16-23-11-8-14-31(3)28(21)23)12-13-25-17-24(26(19-29)30-2)18-27(32-25)22-9-6-5-7-10-22;1-18-13-20(24(17-28)29-6)16-21(31-18)8-7-19-14-22-25-23(15-19)27(4,5)10-12-30(25)11-9-26(22,2)3;1-25(2)9-11-29-12-10-26(3,4)22-15-18(14-21(25)24(22)29)6-7-20-16-19(8-13-30-20)23(17-27)28-5;1-5-18-12-17(13-19-7-6-10-26(4)23(18)19)8-9-21-14-20(11-16(2)27-21)22(15-24)25-3/h5-7,9-10,12-13,15-17,27H,4,8,11,14,18H2,1,3H3;7-8,14-16,18H,9-13H2,1-5H3;6-7,14-16H,8-13H2,1-4H3;8-9,12-14,16H,5-7,10-11H2,1-2,4H3/b13-12+,26-24+;8-7+,24-20-;7-6+,23-19-;9-8+,22-20-. The minimum atomic E-state index is -0.218. The minimum absolute atomic E-state index is 0.0434. The van der Waals surface area contributed by atoms with Gasteiger partial charge in [-0.15, -0.1) is 0 Å². The molecule has 612 valence electrons. The van der Waals surface area contributed by atoms with Crippen LogP contribution < -0.4 is 19.6 Å². The van der Waals surface area contributed by atoms with Crippen LogP contribution in [0.3, 0.4) is 0 Å². The normalized spacial score (nSPS) is 22.1. The molecular weight excluding hydrogens is 1480 g/mol. The maximum Gasteiger partial charge on any atom is 0.265 e. The third kappa shape index (κ3) is 19.7. The van der Waals surface area contributed by atoms with Gasteiger partial charge in [0, 0.05) is 95.4 Å². The average Bonchev–Trinajstić information content (AvgIpc) is 0.733. The lowest BCUT2D eigenvalue weighted by molar-refractivity contribution is 0.118. The molecule has 10 aliphatic rings. The number of ether oxygens (including phenoxy) is 4. The molecule has 0 saturated heterocycles. The molecule has 10 heterocycles. The molecule has 0 saturated carbocycles. The smallest absolute Gasteiger partial charge is 0.265 e. The van der Waals surface area contributed by atoms with Gasteiger partial charge in [-0.3, -0.25) is 0 Å². The van der Waals surface area contributed by atoms with Crippen LogP contribution in [0.2, 0.25) is 0 Å². The van der Waals surface area contributed by atoms with Crippen LogP contribution in [0.4, 0.5) is 22.7 Å². The van der Waals surface area contributed by atoms with Crippen molar-refractivity contribution in [3.8, 4) is 24.3 Å². The van der Waals surface area contributed by atoms with Crippen molar-refractivity contribution in [2.75, 3.05) is 79.6 Å². The number of hydrogen-bond acceptors (Lipinski definition) is 12. The van der Waals surface area contributed by atoms with E-state index >= 15 is 0 Å². The van der Waals surface area contributed by atoms with Gasteiger partial charge in [0.25, 0.3) is 22.8 Å². The van der Waals surface area contributed by atoms with E-state index in [9.17, 15) is 10.5 Å². The Kier molecular flexibility index (Phi) is 27.1. The fraction of sp³-hybridized carbons (Fsp3) is 0.404. The molecule has 0 amide bonds. The number of allylic oxidation sites excluding steroid dienone is 12. The van der Waals surface area contributed by atoms with Crippen molar-refractivity contribution < 1.29 is 18.9 Å². The molecule has 16 nitrogen and oxygen atoms in total. The summed E-state index contributed by atoms with van der Waals surface area (Å²) in [6, 6.07) is 36.4. The van der Waals surface area contributed by atoms with Gasteiger partial charge in [-0.1, -0.05) is 124 Å². The van der Waals surface area contributed by atoms with E-state index in [-0.39, 0.29) is 62.8 Å². The van der Waals surface area contributed by atoms with E-state index in [1.165, 1.54) is 122 Å². The predicted molar refractivity (Wildman–Crippen MR) is 484 cm³/mol. The van der Waals surface area contributed by atoms with E-state index in [0.717, 1.165) is 98.4 Å². The van der Waals surface area contributed by atoms with E-state index in [2.05, 4.69) is 195 Å². The summed E-state index contributed by atoms with van der Waals surface area (Å²) >= 11 is 0. The highest BCUT2D eigenvalue weighted by Crippen LogP contribution is 2.52. The van der Waals surface area contributed by atoms with Crippen LogP contribution in [0.5, 0.6) is 0 Å². The molecule has 5 aromatic carbocycles. The monoisotopic (exact) mass is 1590 g/mol. The Morgan fingerprint density at radius 2 is 0.767 bits per heavy atom. The zero-order valence-electron chi connectivity index (χ0n) is 72.5. The van der Waals surface area contributed by atoms with Gasteiger partial charge >= 0.3 is 0 Å². The molecule has 0 N–H and O–H groups in total. The van der Waals surface area contributed by atoms with Gasteiger partial charge < -0.3 is 38.5 Å². The van der Waals surface area contributed by atoms with Gasteiger partial charge in [0.1, 0.15) is 29.1 Å². The lowest BCUT2D eigenvalue weighted by Crippen LogP contribution is -2.44. The molecule has 0 aromatic heterocycles. The largest absolute Gasteiger partial charge is 0.493 e. The molecule has 3 atom stereocenters. The lowest BCUT2D eigenvalue weighted by Gasteiger charge is -2.48. The Balaban J connectivity index is 0.000000147. The molecule has 0 fully saturated rings. The summed E-state index contributed by atoms with van der Waals surface area (Å²) in [7, 11) is 4.35. The number of fused-ring (bicyclic) bond motifs is 2. The van der Waals surface area contributed by atoms with E-state index in [0.29, 0.717) is 55.3 Å². The summed E-state index contributed by atoms with van der Waals surface area (Å²) in [5.41, 5.74) is 26.9. The second-order valence-corrected chi connectivity index (χ2v) is 35.6. The first-order valence-electron chi connectivity index (χ1n) is 42.5. The highest BCUT2D eigenvalue weighted by atomic mass is 16.5. The molecule has 120 heavy (non-hydrogen) atoms. The van der Waals surface area contributed by atoms with Crippen molar-refractivity contribution in [1.82, 2.24) is 0 Å². The second kappa shape index (κ2) is 37.5. The van der Waals surface area contributed by atoms with Crippen LogP contribution in [0, 0.1) is 71.6 Å². The first-order valence-corrected chi connectivity index (χ1v) is 42.5. The van der Waals surface area contributed by atoms with Crippen LogP contribution in [-0.2, 0) is 66.3 Å². The Bertz CT molecular complexity index is 5420. The zero-order chi connectivity index (χ0) is 85.8. The van der Waals surface area contributed by atoms with E-state index in [4.69, 9.17) is 55.8 Å². The van der Waals surface area contributed by atoms with Gasteiger partial charge in [0.15, 0.2) is 0 Å². The van der Waals surface area contributed by atoms with Crippen molar-refractivity contribution in [3.63, 3.8) is 0 Å². The number of rotatable bonds is 11. The third-order valence-electron chi connectivity index (χ3n) is 25.1. The number of benzene rings is 5. The summed E-state index contributed by atoms with van der Waals surface area (Å²) in [5, 5.41) is 36.9. The van der Waals surface area contributed by atoms with Gasteiger partial charge in [0.05, 0.1) is 69.4 Å². The molecule has 0 radical (unpaired) electrons. The molecule has 10 aliphatic heterocycles. The molecule has 3 unspecified atom stereocenters. The van der Waals surface area contributed by atoms with Crippen LogP contribution in [0.1, 0.15) is 226 Å². The van der Waals surface area contributed by atoms with Crippen LogP contribution >= 0.6 is 0 Å². The quantitative estimate of drug-likeness (QED) is 0.0910.